The number of aromatic carboxylic acids is 1. The van der Waals surface area contributed by atoms with Gasteiger partial charge in [-0.2, -0.15) is 0 Å². The summed E-state index contributed by atoms with van der Waals surface area (Å²) < 4.78 is 27.0. The fraction of sp³-hybridized carbons (Fsp3) is 0.692. The first-order valence-corrected chi connectivity index (χ1v) is 19.2. The molecule has 54 heavy (non-hydrogen) atoms. The number of Topliss-reactive ketones (excluding diaryl/α,β-unsaturated/α-hetero) is 2. The average Bonchev–Trinajstić information content (AvgIpc) is 3.15. The van der Waals surface area contributed by atoms with Crippen LogP contribution in [0.1, 0.15) is 107 Å². The van der Waals surface area contributed by atoms with E-state index < -0.39 is 17.9 Å². The van der Waals surface area contributed by atoms with Crippen molar-refractivity contribution >= 4 is 35.3 Å². The molecular formula is C39H62N2O13. The Labute approximate surface area is 319 Å². The van der Waals surface area contributed by atoms with Crippen LogP contribution in [0.5, 0.6) is 5.75 Å². The van der Waals surface area contributed by atoms with E-state index in [4.69, 9.17) is 28.8 Å². The van der Waals surface area contributed by atoms with E-state index in [2.05, 4.69) is 10.6 Å². The molecular weight excluding hydrogens is 704 g/mol. The number of hydrogen-bond acceptors (Lipinski definition) is 11. The summed E-state index contributed by atoms with van der Waals surface area (Å²) in [5.41, 5.74) is 0.222. The Morgan fingerprint density at radius 2 is 1.19 bits per heavy atom. The Morgan fingerprint density at radius 3 is 1.85 bits per heavy atom. The Kier molecular flexibility index (Phi) is 29.0. The smallest absolute Gasteiger partial charge is 0.335 e. The Morgan fingerprint density at radius 1 is 0.593 bits per heavy atom. The third-order valence-corrected chi connectivity index (χ3v) is 8.14. The van der Waals surface area contributed by atoms with Gasteiger partial charge in [0.2, 0.25) is 11.8 Å². The largest absolute Gasteiger partial charge is 0.494 e. The van der Waals surface area contributed by atoms with Crippen molar-refractivity contribution in [3.8, 4) is 5.75 Å². The van der Waals surface area contributed by atoms with Crippen LogP contribution in [-0.2, 0) is 42.9 Å². The summed E-state index contributed by atoms with van der Waals surface area (Å²) in [6.45, 7) is 5.12. The van der Waals surface area contributed by atoms with Crippen molar-refractivity contribution in [1.29, 1.82) is 0 Å². The van der Waals surface area contributed by atoms with Gasteiger partial charge >= 0.3 is 11.9 Å². The average molecular weight is 767 g/mol. The highest BCUT2D eigenvalue weighted by Gasteiger charge is 2.22. The molecule has 2 amide bonds. The van der Waals surface area contributed by atoms with Crippen molar-refractivity contribution in [2.45, 2.75) is 96.8 Å². The number of ketones is 2. The third kappa shape index (κ3) is 27.7. The van der Waals surface area contributed by atoms with Gasteiger partial charge in [0.1, 0.15) is 24.7 Å². The molecule has 0 aromatic heterocycles. The molecule has 1 aromatic carbocycles. The number of benzene rings is 1. The molecule has 0 aliphatic carbocycles. The minimum absolute atomic E-state index is 0.000107. The first-order chi connectivity index (χ1) is 26.1. The minimum Gasteiger partial charge on any atom is -0.494 e. The van der Waals surface area contributed by atoms with E-state index in [0.717, 1.165) is 44.9 Å². The zero-order valence-electron chi connectivity index (χ0n) is 31.9. The second-order valence-electron chi connectivity index (χ2n) is 12.9. The van der Waals surface area contributed by atoms with E-state index in [1.807, 2.05) is 6.92 Å². The maximum atomic E-state index is 12.4. The number of rotatable bonds is 37. The summed E-state index contributed by atoms with van der Waals surface area (Å²) in [5.74, 6) is -2.94. The Bertz CT molecular complexity index is 1210. The molecule has 1 atom stereocenters. The molecule has 0 fully saturated rings. The molecule has 4 N–H and O–H groups in total. The van der Waals surface area contributed by atoms with Gasteiger partial charge in [0, 0.05) is 45.4 Å². The lowest BCUT2D eigenvalue weighted by Crippen LogP contribution is -2.29. The molecule has 0 unspecified atom stereocenters. The van der Waals surface area contributed by atoms with Crippen LogP contribution in [0.3, 0.4) is 0 Å². The van der Waals surface area contributed by atoms with E-state index in [1.54, 1.807) is 12.1 Å². The van der Waals surface area contributed by atoms with Crippen LogP contribution in [0.25, 0.3) is 0 Å². The van der Waals surface area contributed by atoms with Crippen LogP contribution in [0.4, 0.5) is 0 Å². The second-order valence-corrected chi connectivity index (χ2v) is 12.9. The fourth-order valence-corrected chi connectivity index (χ4v) is 5.09. The first-order valence-electron chi connectivity index (χ1n) is 19.2. The number of carboxylic acid groups (broad SMARTS) is 2. The third-order valence-electron chi connectivity index (χ3n) is 8.14. The highest BCUT2D eigenvalue weighted by atomic mass is 16.5. The van der Waals surface area contributed by atoms with E-state index in [0.29, 0.717) is 64.4 Å². The highest BCUT2D eigenvalue weighted by molar-refractivity contribution is 5.87. The van der Waals surface area contributed by atoms with Gasteiger partial charge in [0.25, 0.3) is 0 Å². The predicted molar refractivity (Wildman–Crippen MR) is 200 cm³/mol. The molecule has 0 saturated carbocycles. The lowest BCUT2D eigenvalue weighted by atomic mass is 9.94. The van der Waals surface area contributed by atoms with Crippen LogP contribution in [0.15, 0.2) is 24.3 Å². The number of unbranched alkanes of at least 4 members (excludes halogenated alkanes) is 6. The van der Waals surface area contributed by atoms with Gasteiger partial charge in [-0.1, -0.05) is 39.0 Å². The highest BCUT2D eigenvalue weighted by Crippen LogP contribution is 2.17. The zero-order chi connectivity index (χ0) is 39.7. The molecule has 0 saturated heterocycles. The van der Waals surface area contributed by atoms with Gasteiger partial charge in [0.15, 0.2) is 5.78 Å². The van der Waals surface area contributed by atoms with Gasteiger partial charge < -0.3 is 44.5 Å². The van der Waals surface area contributed by atoms with Crippen molar-refractivity contribution in [3.05, 3.63) is 29.8 Å². The topological polar surface area (TPSA) is 213 Å². The lowest BCUT2D eigenvalue weighted by Gasteiger charge is -2.12. The van der Waals surface area contributed by atoms with Gasteiger partial charge in [0.05, 0.1) is 51.1 Å². The van der Waals surface area contributed by atoms with E-state index in [1.165, 1.54) is 12.1 Å². The summed E-state index contributed by atoms with van der Waals surface area (Å²) in [6, 6.07) is 6.33. The number of hydrogen-bond donors (Lipinski definition) is 4. The van der Waals surface area contributed by atoms with Crippen molar-refractivity contribution < 1.29 is 62.7 Å². The second kappa shape index (κ2) is 32.5. The Hall–Kier alpha value is -3.92. The summed E-state index contributed by atoms with van der Waals surface area (Å²) in [7, 11) is 0. The van der Waals surface area contributed by atoms with Crippen LogP contribution in [0, 0.1) is 5.92 Å². The van der Waals surface area contributed by atoms with E-state index >= 15 is 0 Å². The number of ether oxygens (including phenoxy) is 5. The summed E-state index contributed by atoms with van der Waals surface area (Å²) in [6.07, 6.45) is 8.62. The number of nitrogens with one attached hydrogen (secondary N) is 2. The molecule has 1 aromatic rings. The van der Waals surface area contributed by atoms with Gasteiger partial charge in [-0.15, -0.1) is 0 Å². The first kappa shape index (κ1) is 48.1. The quantitative estimate of drug-likeness (QED) is 0.0693. The zero-order valence-corrected chi connectivity index (χ0v) is 31.9. The van der Waals surface area contributed by atoms with Gasteiger partial charge in [-0.05, 0) is 56.4 Å². The molecule has 0 aliphatic rings. The van der Waals surface area contributed by atoms with Crippen molar-refractivity contribution in [2.24, 2.45) is 5.92 Å². The molecule has 0 spiro atoms. The summed E-state index contributed by atoms with van der Waals surface area (Å²) >= 11 is 0. The molecule has 15 nitrogen and oxygen atoms in total. The van der Waals surface area contributed by atoms with Crippen LogP contribution >= 0.6 is 0 Å². The van der Waals surface area contributed by atoms with Gasteiger partial charge in [-0.25, -0.2) is 4.79 Å². The minimum atomic E-state index is -1.08. The standard InChI is InChI=1S/C39H62N2O13/c1-2-19-40-37(45)30-53-27-24-50-21-10-12-34(43)29-52-26-25-51-23-20-41-36(44)18-15-32(39(48)49)28-33(42)11-8-6-4-3-5-7-9-22-54-35-16-13-31(14-17-35)38(46)47/h13-14,16-17,32H,2-12,15,18-30H2,1H3,(H,40,45)(H,41,44)(H,46,47)(H,48,49)/t32-/m1/s1. The van der Waals surface area contributed by atoms with E-state index in [9.17, 15) is 33.9 Å². The number of amides is 2. The van der Waals surface area contributed by atoms with E-state index in [-0.39, 0.29) is 87.8 Å². The lowest BCUT2D eigenvalue weighted by molar-refractivity contribution is -0.144. The fourth-order valence-electron chi connectivity index (χ4n) is 5.09. The maximum absolute atomic E-state index is 12.4. The SMILES string of the molecule is CCCNC(=O)COCCOCCCC(=O)COCCOCCNC(=O)CC[C@H](CC(=O)CCCCCCCCCOc1ccc(C(=O)O)cc1)C(=O)O. The molecule has 0 heterocycles. The molecule has 15 heteroatoms. The van der Waals surface area contributed by atoms with Crippen LogP contribution < -0.4 is 15.4 Å². The molecule has 0 aliphatic heterocycles. The monoisotopic (exact) mass is 766 g/mol. The number of carboxylic acids is 2. The van der Waals surface area contributed by atoms with Gasteiger partial charge in [-0.3, -0.25) is 24.0 Å². The number of aliphatic carboxylic acids is 1. The summed E-state index contributed by atoms with van der Waals surface area (Å²) in [4.78, 5) is 70.5. The normalized spacial score (nSPS) is 11.5. The predicted octanol–water partition coefficient (Wildman–Crippen LogP) is 4.38. The Balaban J connectivity index is 1.95. The molecule has 0 radical (unpaired) electrons. The number of carbonyl (C=O) groups excluding carboxylic acids is 4. The van der Waals surface area contributed by atoms with Crippen LogP contribution in [0.2, 0.25) is 0 Å². The maximum Gasteiger partial charge on any atom is 0.335 e. The number of carbonyl (C=O) groups is 6. The van der Waals surface area contributed by atoms with Crippen molar-refractivity contribution in [2.75, 3.05) is 72.6 Å². The summed E-state index contributed by atoms with van der Waals surface area (Å²) in [5, 5.41) is 23.9. The molecule has 306 valence electrons. The van der Waals surface area contributed by atoms with Crippen molar-refractivity contribution in [3.63, 3.8) is 0 Å². The molecule has 0 bridgehead atoms. The van der Waals surface area contributed by atoms with Crippen LogP contribution in [-0.4, -0.2) is 118 Å². The van der Waals surface area contributed by atoms with Crippen molar-refractivity contribution in [1.82, 2.24) is 10.6 Å². The molecule has 1 rings (SSSR count).